The number of hydrogen-bond donors (Lipinski definition) is 1. The Morgan fingerprint density at radius 1 is 1.00 bits per heavy atom. The van der Waals surface area contributed by atoms with E-state index in [9.17, 15) is 5.11 Å². The van der Waals surface area contributed by atoms with Crippen LogP contribution in [0, 0.1) is 0 Å². The van der Waals surface area contributed by atoms with Gasteiger partial charge in [-0.3, -0.25) is 0 Å². The van der Waals surface area contributed by atoms with Gasteiger partial charge in [0.25, 0.3) is 8.32 Å². The molecule has 2 aromatic carbocycles. The van der Waals surface area contributed by atoms with Crippen LogP contribution >= 0.6 is 0 Å². The summed E-state index contributed by atoms with van der Waals surface area (Å²) >= 11 is 0. The predicted molar refractivity (Wildman–Crippen MR) is 110 cm³/mol. The summed E-state index contributed by atoms with van der Waals surface area (Å²) in [6, 6.07) is 21.0. The largest absolute Gasteiger partial charge is 0.405 e. The van der Waals surface area contributed by atoms with E-state index in [1.54, 1.807) is 7.11 Å². The average Bonchev–Trinajstić information content (AvgIpc) is 3.02. The number of aliphatic hydroxyl groups excluding tert-OH is 1. The first kappa shape index (κ1) is 20.2. The molecule has 0 saturated carbocycles. The van der Waals surface area contributed by atoms with E-state index in [4.69, 9.17) is 13.9 Å². The number of ether oxygens (including phenoxy) is 2. The first-order chi connectivity index (χ1) is 12.9. The van der Waals surface area contributed by atoms with Gasteiger partial charge in [0, 0.05) is 7.11 Å². The minimum Gasteiger partial charge on any atom is -0.405 e. The lowest BCUT2D eigenvalue weighted by molar-refractivity contribution is -0.0279. The lowest BCUT2D eigenvalue weighted by atomic mass is 10.1. The van der Waals surface area contributed by atoms with E-state index >= 15 is 0 Å². The minimum absolute atomic E-state index is 0.0878. The van der Waals surface area contributed by atoms with Crippen molar-refractivity contribution in [2.75, 3.05) is 20.3 Å². The second kappa shape index (κ2) is 8.25. The standard InChI is InChI=1S/C22H30O4Si/c1-22(2,3)27(17-11-7-5-8-12-17,18-13-9-6-10-14-18)26-16-20-21(24-4)19(23)15-25-20/h5-14,19-21,23H,15-16H2,1-4H3/t19-,20-,21-/m1/s1. The van der Waals surface area contributed by atoms with Crippen LogP contribution < -0.4 is 10.4 Å². The first-order valence-electron chi connectivity index (χ1n) is 9.47. The minimum atomic E-state index is -2.60. The van der Waals surface area contributed by atoms with Gasteiger partial charge in [-0.25, -0.2) is 0 Å². The molecule has 0 aromatic heterocycles. The van der Waals surface area contributed by atoms with Crippen molar-refractivity contribution in [1.82, 2.24) is 0 Å². The van der Waals surface area contributed by atoms with E-state index in [-0.39, 0.29) is 23.9 Å². The fourth-order valence-corrected chi connectivity index (χ4v) is 8.65. The van der Waals surface area contributed by atoms with E-state index in [1.165, 1.54) is 10.4 Å². The molecule has 0 bridgehead atoms. The average molecular weight is 387 g/mol. The monoisotopic (exact) mass is 386 g/mol. The SMILES string of the molecule is CO[C@@H]1[C@H](O)CO[C@@H]1CO[Si](c1ccccc1)(c1ccccc1)C(C)(C)C. The third-order valence-electron chi connectivity index (χ3n) is 5.38. The van der Waals surface area contributed by atoms with Crippen LogP contribution in [0.25, 0.3) is 0 Å². The quantitative estimate of drug-likeness (QED) is 0.774. The highest BCUT2D eigenvalue weighted by Gasteiger charge is 2.51. The summed E-state index contributed by atoms with van der Waals surface area (Å²) in [5.74, 6) is 0. The Balaban J connectivity index is 2.02. The second-order valence-corrected chi connectivity index (χ2v) is 12.4. The summed E-state index contributed by atoms with van der Waals surface area (Å²) in [6.07, 6.45) is -1.24. The zero-order valence-electron chi connectivity index (χ0n) is 16.6. The predicted octanol–water partition coefficient (Wildman–Crippen LogP) is 2.34. The highest BCUT2D eigenvalue weighted by Crippen LogP contribution is 2.37. The van der Waals surface area contributed by atoms with Crippen molar-refractivity contribution in [3.05, 3.63) is 60.7 Å². The van der Waals surface area contributed by atoms with E-state index < -0.39 is 14.4 Å². The molecule has 1 heterocycles. The molecule has 2 aromatic rings. The molecule has 1 aliphatic rings. The summed E-state index contributed by atoms with van der Waals surface area (Å²) in [5, 5.41) is 12.5. The van der Waals surface area contributed by atoms with Crippen LogP contribution in [0.4, 0.5) is 0 Å². The van der Waals surface area contributed by atoms with E-state index in [0.717, 1.165) is 0 Å². The molecule has 27 heavy (non-hydrogen) atoms. The molecule has 0 aliphatic carbocycles. The smallest absolute Gasteiger partial charge is 0.261 e. The van der Waals surface area contributed by atoms with E-state index in [0.29, 0.717) is 6.61 Å². The molecular weight excluding hydrogens is 356 g/mol. The van der Waals surface area contributed by atoms with Gasteiger partial charge < -0.3 is 19.0 Å². The lowest BCUT2D eigenvalue weighted by Gasteiger charge is -2.43. The molecule has 146 valence electrons. The van der Waals surface area contributed by atoms with Crippen molar-refractivity contribution < 1.29 is 19.0 Å². The van der Waals surface area contributed by atoms with Gasteiger partial charge in [-0.2, -0.15) is 0 Å². The molecule has 1 fully saturated rings. The Hall–Kier alpha value is -1.50. The highest BCUT2D eigenvalue weighted by atomic mass is 28.4. The van der Waals surface area contributed by atoms with Gasteiger partial charge in [0.1, 0.15) is 18.3 Å². The molecule has 3 rings (SSSR count). The fraction of sp³-hybridized carbons (Fsp3) is 0.455. The molecule has 0 unspecified atom stereocenters. The summed E-state index contributed by atoms with van der Waals surface area (Å²) in [7, 11) is -0.989. The topological polar surface area (TPSA) is 47.9 Å². The molecule has 3 atom stereocenters. The Labute approximate surface area is 163 Å². The van der Waals surface area contributed by atoms with Crippen LogP contribution in [0.15, 0.2) is 60.7 Å². The fourth-order valence-electron chi connectivity index (χ4n) is 4.08. The summed E-state index contributed by atoms with van der Waals surface area (Å²) in [6.45, 7) is 7.42. The van der Waals surface area contributed by atoms with Crippen LogP contribution in [-0.4, -0.2) is 52.1 Å². The molecule has 1 N–H and O–H groups in total. The maximum absolute atomic E-state index is 10.1. The molecule has 0 amide bonds. The highest BCUT2D eigenvalue weighted by molar-refractivity contribution is 6.99. The van der Waals surface area contributed by atoms with Gasteiger partial charge in [-0.15, -0.1) is 0 Å². The number of rotatable bonds is 6. The van der Waals surface area contributed by atoms with Gasteiger partial charge in [-0.05, 0) is 15.4 Å². The van der Waals surface area contributed by atoms with Crippen LogP contribution in [-0.2, 0) is 13.9 Å². The van der Waals surface area contributed by atoms with Crippen molar-refractivity contribution in [2.45, 2.75) is 44.1 Å². The number of aliphatic hydroxyl groups is 1. The lowest BCUT2D eigenvalue weighted by Crippen LogP contribution is -2.67. The maximum Gasteiger partial charge on any atom is 0.261 e. The molecule has 0 radical (unpaired) electrons. The van der Waals surface area contributed by atoms with Gasteiger partial charge in [-0.1, -0.05) is 81.4 Å². The zero-order valence-corrected chi connectivity index (χ0v) is 17.6. The van der Waals surface area contributed by atoms with Crippen molar-refractivity contribution >= 4 is 18.7 Å². The van der Waals surface area contributed by atoms with Crippen LogP contribution in [0.3, 0.4) is 0 Å². The first-order valence-corrected chi connectivity index (χ1v) is 11.4. The Kier molecular flexibility index (Phi) is 6.18. The van der Waals surface area contributed by atoms with Gasteiger partial charge in [0.2, 0.25) is 0 Å². The van der Waals surface area contributed by atoms with Crippen LogP contribution in [0.2, 0.25) is 5.04 Å². The molecule has 0 spiro atoms. The summed E-state index contributed by atoms with van der Waals surface area (Å²) < 4.78 is 18.1. The molecule has 1 saturated heterocycles. The van der Waals surface area contributed by atoms with Crippen LogP contribution in [0.5, 0.6) is 0 Å². The zero-order chi connectivity index (χ0) is 19.5. The number of benzene rings is 2. The van der Waals surface area contributed by atoms with Gasteiger partial charge in [0.15, 0.2) is 0 Å². The third kappa shape index (κ3) is 3.88. The van der Waals surface area contributed by atoms with Gasteiger partial charge in [0.05, 0.1) is 13.2 Å². The van der Waals surface area contributed by atoms with Gasteiger partial charge >= 0.3 is 0 Å². The second-order valence-electron chi connectivity index (χ2n) is 8.11. The van der Waals surface area contributed by atoms with E-state index in [1.807, 2.05) is 12.1 Å². The summed E-state index contributed by atoms with van der Waals surface area (Å²) in [5.41, 5.74) is 0. The summed E-state index contributed by atoms with van der Waals surface area (Å²) in [4.78, 5) is 0. The van der Waals surface area contributed by atoms with Crippen molar-refractivity contribution in [3.8, 4) is 0 Å². The Morgan fingerprint density at radius 3 is 1.96 bits per heavy atom. The Bertz CT molecular complexity index is 675. The third-order valence-corrected chi connectivity index (χ3v) is 10.4. The maximum atomic E-state index is 10.1. The molecule has 5 heteroatoms. The van der Waals surface area contributed by atoms with Crippen molar-refractivity contribution in [1.29, 1.82) is 0 Å². The Morgan fingerprint density at radius 2 is 1.52 bits per heavy atom. The normalized spacial score (nSPS) is 23.5. The number of methoxy groups -OCH3 is 1. The molecule has 1 aliphatic heterocycles. The number of hydrogen-bond acceptors (Lipinski definition) is 4. The van der Waals surface area contributed by atoms with Crippen LogP contribution in [0.1, 0.15) is 20.8 Å². The van der Waals surface area contributed by atoms with Crippen molar-refractivity contribution in [3.63, 3.8) is 0 Å². The van der Waals surface area contributed by atoms with E-state index in [2.05, 4.69) is 69.3 Å². The molecular formula is C22H30O4Si. The van der Waals surface area contributed by atoms with Crippen molar-refractivity contribution in [2.24, 2.45) is 0 Å². The molecule has 4 nitrogen and oxygen atoms in total.